The maximum Gasteiger partial charge on any atom is 0.214 e. The summed E-state index contributed by atoms with van der Waals surface area (Å²) in [4.78, 5) is 4.38. The molecule has 0 saturated carbocycles. The molecule has 98 valence electrons. The summed E-state index contributed by atoms with van der Waals surface area (Å²) in [5.74, 6) is 1.53. The fraction of sp³-hybridized carbons (Fsp3) is 0.214. The summed E-state index contributed by atoms with van der Waals surface area (Å²) in [5.41, 5.74) is 1.90. The molecule has 2 heterocycles. The van der Waals surface area contributed by atoms with Crippen LogP contribution in [0.3, 0.4) is 0 Å². The van der Waals surface area contributed by atoms with Gasteiger partial charge in [0, 0.05) is 16.6 Å². The molecule has 0 spiro atoms. The van der Waals surface area contributed by atoms with Crippen molar-refractivity contribution in [3.8, 4) is 0 Å². The molecular weight excluding hydrogens is 283 g/mol. The molecule has 0 amide bonds. The second-order valence-electron chi connectivity index (χ2n) is 4.51. The second kappa shape index (κ2) is 4.58. The molecular formula is C14H12Cl2N2O. The van der Waals surface area contributed by atoms with Crippen LogP contribution in [0.25, 0.3) is 10.9 Å². The molecule has 0 saturated heterocycles. The normalized spacial score (nSPS) is 11.4. The average molecular weight is 295 g/mol. The average Bonchev–Trinajstić information content (AvgIpc) is 2.85. The van der Waals surface area contributed by atoms with Crippen molar-refractivity contribution in [1.29, 1.82) is 0 Å². The predicted molar refractivity (Wildman–Crippen MR) is 77.0 cm³/mol. The Morgan fingerprint density at radius 2 is 2.05 bits per heavy atom. The number of hydrogen-bond donors (Lipinski definition) is 0. The third kappa shape index (κ3) is 2.24. The Morgan fingerprint density at radius 3 is 2.74 bits per heavy atom. The summed E-state index contributed by atoms with van der Waals surface area (Å²) in [5, 5.41) is 2.25. The Balaban J connectivity index is 2.06. The van der Waals surface area contributed by atoms with Crippen molar-refractivity contribution in [1.82, 2.24) is 9.55 Å². The van der Waals surface area contributed by atoms with Crippen LogP contribution in [-0.2, 0) is 6.54 Å². The van der Waals surface area contributed by atoms with Gasteiger partial charge in [-0.1, -0.05) is 23.2 Å². The second-order valence-corrected chi connectivity index (χ2v) is 5.36. The van der Waals surface area contributed by atoms with E-state index >= 15 is 0 Å². The van der Waals surface area contributed by atoms with E-state index in [4.69, 9.17) is 27.6 Å². The van der Waals surface area contributed by atoms with Gasteiger partial charge in [0.2, 0.25) is 5.89 Å². The lowest BCUT2D eigenvalue weighted by atomic mass is 10.2. The van der Waals surface area contributed by atoms with Gasteiger partial charge in [-0.3, -0.25) is 0 Å². The number of halogens is 2. The summed E-state index contributed by atoms with van der Waals surface area (Å²) in [7, 11) is 0. The molecule has 19 heavy (non-hydrogen) atoms. The molecule has 3 nitrogen and oxygen atoms in total. The van der Waals surface area contributed by atoms with Crippen LogP contribution in [0, 0.1) is 13.8 Å². The number of nitrogens with zero attached hydrogens (tertiary/aromatic N) is 2. The highest BCUT2D eigenvalue weighted by Crippen LogP contribution is 2.29. The van der Waals surface area contributed by atoms with Crippen molar-refractivity contribution in [2.24, 2.45) is 0 Å². The number of aryl methyl sites for hydroxylation is 2. The van der Waals surface area contributed by atoms with Crippen molar-refractivity contribution in [2.45, 2.75) is 20.4 Å². The largest absolute Gasteiger partial charge is 0.444 e. The van der Waals surface area contributed by atoms with E-state index in [2.05, 4.69) is 4.98 Å². The van der Waals surface area contributed by atoms with Crippen molar-refractivity contribution in [3.63, 3.8) is 0 Å². The van der Waals surface area contributed by atoms with Crippen molar-refractivity contribution < 1.29 is 4.42 Å². The molecule has 2 aromatic heterocycles. The van der Waals surface area contributed by atoms with Crippen LogP contribution in [0.15, 0.2) is 28.8 Å². The van der Waals surface area contributed by atoms with Crippen molar-refractivity contribution >= 4 is 34.1 Å². The number of rotatable bonds is 2. The van der Waals surface area contributed by atoms with Gasteiger partial charge in [-0.25, -0.2) is 4.98 Å². The Labute approximate surface area is 120 Å². The van der Waals surface area contributed by atoms with Gasteiger partial charge in [-0.15, -0.1) is 0 Å². The van der Waals surface area contributed by atoms with E-state index in [0.29, 0.717) is 22.5 Å². The Kier molecular flexibility index (Phi) is 3.03. The van der Waals surface area contributed by atoms with Crippen LogP contribution < -0.4 is 0 Å². The van der Waals surface area contributed by atoms with E-state index in [0.717, 1.165) is 22.4 Å². The summed E-state index contributed by atoms with van der Waals surface area (Å²) in [6.07, 6.45) is 1.96. The van der Waals surface area contributed by atoms with Crippen LogP contribution in [0.4, 0.5) is 0 Å². The number of fused-ring (bicyclic) bond motifs is 1. The molecule has 3 rings (SSSR count). The molecule has 0 fully saturated rings. The summed E-state index contributed by atoms with van der Waals surface area (Å²) in [6.45, 7) is 4.41. The molecule has 0 unspecified atom stereocenters. The van der Waals surface area contributed by atoms with E-state index in [1.54, 1.807) is 6.07 Å². The topological polar surface area (TPSA) is 31.0 Å². The van der Waals surface area contributed by atoms with Crippen LogP contribution in [-0.4, -0.2) is 9.55 Å². The zero-order chi connectivity index (χ0) is 13.6. The van der Waals surface area contributed by atoms with E-state index in [-0.39, 0.29) is 0 Å². The zero-order valence-corrected chi connectivity index (χ0v) is 12.1. The minimum Gasteiger partial charge on any atom is -0.444 e. The minimum absolute atomic E-state index is 0.564. The maximum absolute atomic E-state index is 6.17. The number of hydrogen-bond acceptors (Lipinski definition) is 2. The first-order valence-electron chi connectivity index (χ1n) is 5.91. The highest BCUT2D eigenvalue weighted by atomic mass is 35.5. The van der Waals surface area contributed by atoms with Crippen LogP contribution in [0.1, 0.15) is 17.3 Å². The van der Waals surface area contributed by atoms with Crippen LogP contribution >= 0.6 is 23.2 Å². The molecule has 1 aromatic carbocycles. The summed E-state index contributed by atoms with van der Waals surface area (Å²) < 4.78 is 7.62. The summed E-state index contributed by atoms with van der Waals surface area (Å²) in [6, 6.07) is 5.61. The number of benzene rings is 1. The third-order valence-electron chi connectivity index (χ3n) is 3.18. The standard InChI is InChI=1S/C14H12Cl2N2O/c1-8-9(2)19-14(17-8)7-18-4-3-11-12(16)5-10(15)6-13(11)18/h3-6H,7H2,1-2H3. The number of aromatic nitrogens is 2. The van der Waals surface area contributed by atoms with E-state index in [1.165, 1.54) is 0 Å². The van der Waals surface area contributed by atoms with Gasteiger partial charge < -0.3 is 8.98 Å². The molecule has 0 radical (unpaired) electrons. The van der Waals surface area contributed by atoms with Gasteiger partial charge in [0.15, 0.2) is 0 Å². The van der Waals surface area contributed by atoms with Crippen molar-refractivity contribution in [2.75, 3.05) is 0 Å². The first-order chi connectivity index (χ1) is 9.04. The fourth-order valence-corrected chi connectivity index (χ4v) is 2.65. The highest BCUT2D eigenvalue weighted by Gasteiger charge is 2.10. The Morgan fingerprint density at radius 1 is 1.26 bits per heavy atom. The zero-order valence-electron chi connectivity index (χ0n) is 10.6. The van der Waals surface area contributed by atoms with Gasteiger partial charge in [-0.05, 0) is 32.0 Å². The van der Waals surface area contributed by atoms with Gasteiger partial charge in [-0.2, -0.15) is 0 Å². The molecule has 5 heteroatoms. The van der Waals surface area contributed by atoms with Gasteiger partial charge in [0.25, 0.3) is 0 Å². The van der Waals surface area contributed by atoms with E-state index in [1.807, 2.05) is 36.7 Å². The highest BCUT2D eigenvalue weighted by molar-refractivity contribution is 6.38. The first-order valence-corrected chi connectivity index (χ1v) is 6.67. The summed E-state index contributed by atoms with van der Waals surface area (Å²) >= 11 is 12.2. The van der Waals surface area contributed by atoms with Crippen molar-refractivity contribution in [3.05, 3.63) is 51.8 Å². The van der Waals surface area contributed by atoms with Crippen LogP contribution in [0.5, 0.6) is 0 Å². The molecule has 0 bridgehead atoms. The quantitative estimate of drug-likeness (QED) is 0.691. The lowest BCUT2D eigenvalue weighted by Gasteiger charge is -2.03. The van der Waals surface area contributed by atoms with Gasteiger partial charge in [0.05, 0.1) is 22.8 Å². The van der Waals surface area contributed by atoms with Gasteiger partial charge in [0.1, 0.15) is 5.76 Å². The minimum atomic E-state index is 0.564. The molecule has 0 aliphatic rings. The fourth-order valence-electron chi connectivity index (χ4n) is 2.11. The molecule has 3 aromatic rings. The molecule has 0 aliphatic heterocycles. The number of oxazole rings is 1. The maximum atomic E-state index is 6.17. The Hall–Kier alpha value is -1.45. The third-order valence-corrected chi connectivity index (χ3v) is 3.71. The molecule has 0 atom stereocenters. The molecule has 0 N–H and O–H groups in total. The van der Waals surface area contributed by atoms with E-state index < -0.39 is 0 Å². The lowest BCUT2D eigenvalue weighted by Crippen LogP contribution is -1.98. The Bertz CT molecular complexity index is 739. The SMILES string of the molecule is Cc1nc(Cn2ccc3c(Cl)cc(Cl)cc32)oc1C. The van der Waals surface area contributed by atoms with Gasteiger partial charge >= 0.3 is 0 Å². The predicted octanol–water partition coefficient (Wildman–Crippen LogP) is 4.60. The monoisotopic (exact) mass is 294 g/mol. The van der Waals surface area contributed by atoms with E-state index in [9.17, 15) is 0 Å². The van der Waals surface area contributed by atoms with Crippen LogP contribution in [0.2, 0.25) is 10.0 Å². The molecule has 0 aliphatic carbocycles. The smallest absolute Gasteiger partial charge is 0.214 e. The lowest BCUT2D eigenvalue weighted by molar-refractivity contribution is 0.459. The first kappa shape index (κ1) is 12.6.